The molecule has 0 spiro atoms. The lowest BCUT2D eigenvalue weighted by atomic mass is 9.97. The van der Waals surface area contributed by atoms with Gasteiger partial charge in [-0.05, 0) is 106 Å². The van der Waals surface area contributed by atoms with Crippen molar-refractivity contribution in [2.24, 2.45) is 23.7 Å². The van der Waals surface area contributed by atoms with E-state index in [1.807, 2.05) is 108 Å². The summed E-state index contributed by atoms with van der Waals surface area (Å²) in [5.74, 6) is -4.69. The Kier molecular flexibility index (Phi) is 38.5. The number of pyridine rings is 2. The lowest BCUT2D eigenvalue weighted by molar-refractivity contribution is -0.904. The van der Waals surface area contributed by atoms with Crippen molar-refractivity contribution in [1.29, 1.82) is 0 Å². The topological polar surface area (TPSA) is 384 Å². The van der Waals surface area contributed by atoms with Crippen molar-refractivity contribution >= 4 is 70.7 Å². The molecular weight excluding hydrogens is 1320 g/mol. The fourth-order valence-electron chi connectivity index (χ4n) is 10.7. The van der Waals surface area contributed by atoms with Gasteiger partial charge in [-0.3, -0.25) is 58.4 Å². The molecule has 10 amide bonds. The SMILES string of the molecule is CCC[C@H](NC(=O)[C@@H](NC(=O)c1cc[n+](O)cc1)[C@@H](C)CC)C(=O)N[C@H](CN[C@@H](C)C(=O)N[C@H](C(=O)NCC)C(C)C)Cc1ccccc1Cl.CCC[C@H](NC(=O)[C@@H](NC(=O)c1cc[n+](O)cc1)[C@@H](C)CC)C(=O)N[C@H](CN[C@@H](CC)C(=O)N[C@H](C(=O)NCC)C(C)C)Cc1ccc(O)cc1. The smallest absolute Gasteiger partial charge is 0.252 e. The summed E-state index contributed by atoms with van der Waals surface area (Å²) in [7, 11) is 0. The van der Waals surface area contributed by atoms with E-state index in [4.69, 9.17) is 11.6 Å². The van der Waals surface area contributed by atoms with Gasteiger partial charge in [-0.15, -0.1) is 0 Å². The van der Waals surface area contributed by atoms with Gasteiger partial charge in [0.25, 0.3) is 11.8 Å². The number of phenolic OH excluding ortho intramolecular Hbond substituents is 1. The maximum atomic E-state index is 13.8. The van der Waals surface area contributed by atoms with Crippen LogP contribution in [-0.4, -0.2) is 161 Å². The fraction of sp³-hybridized carbons (Fsp3) is 0.562. The zero-order chi connectivity index (χ0) is 75.5. The number of hydrogen-bond donors (Lipinski definition) is 15. The Morgan fingerprint density at radius 1 is 0.426 bits per heavy atom. The molecule has 2 aromatic heterocycles. The van der Waals surface area contributed by atoms with Crippen molar-refractivity contribution in [3.63, 3.8) is 0 Å². The minimum Gasteiger partial charge on any atom is -0.508 e. The largest absolute Gasteiger partial charge is 0.508 e. The maximum absolute atomic E-state index is 13.8. The Morgan fingerprint density at radius 2 is 0.832 bits per heavy atom. The molecule has 15 N–H and O–H groups in total. The number of carbonyl (C=O) groups excluding carboxylic acids is 10. The first kappa shape index (κ1) is 86.3. The van der Waals surface area contributed by atoms with Crippen LogP contribution in [0.15, 0.2) is 97.6 Å². The maximum Gasteiger partial charge on any atom is 0.252 e. The molecule has 0 aliphatic carbocycles. The lowest BCUT2D eigenvalue weighted by Crippen LogP contribution is -2.58. The molecule has 0 fully saturated rings. The number of likely N-dealkylation sites (N-methyl/N-ethyl adjacent to an activating group) is 2. The molecule has 2 aromatic carbocycles. The number of benzene rings is 2. The predicted octanol–water partition coefficient (Wildman–Crippen LogP) is 4.00. The molecule has 0 aliphatic rings. The first-order valence-electron chi connectivity index (χ1n) is 35.3. The summed E-state index contributed by atoms with van der Waals surface area (Å²) in [5.41, 5.74) is 2.15. The molecule has 4 rings (SSSR count). The quantitative estimate of drug-likeness (QED) is 0.0221. The molecule has 4 aromatic rings. The number of halogens is 1. The lowest BCUT2D eigenvalue weighted by Gasteiger charge is -2.29. The second-order valence-electron chi connectivity index (χ2n) is 26.1. The molecule has 27 nitrogen and oxygen atoms in total. The fourth-order valence-corrected chi connectivity index (χ4v) is 10.9. The summed E-state index contributed by atoms with van der Waals surface area (Å²) >= 11 is 6.47. The van der Waals surface area contributed by atoms with Crippen molar-refractivity contribution in [2.75, 3.05) is 26.2 Å². The van der Waals surface area contributed by atoms with Gasteiger partial charge in [0.05, 0.1) is 23.2 Å². The van der Waals surface area contributed by atoms with Crippen LogP contribution in [0, 0.1) is 23.7 Å². The van der Waals surface area contributed by atoms with Gasteiger partial charge >= 0.3 is 0 Å². The average molecular weight is 1430 g/mol. The number of hydrogen-bond acceptors (Lipinski definition) is 15. The van der Waals surface area contributed by atoms with E-state index < -0.39 is 95.9 Å². The van der Waals surface area contributed by atoms with Crippen LogP contribution in [0.25, 0.3) is 0 Å². The highest BCUT2D eigenvalue weighted by molar-refractivity contribution is 6.31. The number of nitrogens with zero attached hydrogens (tertiary/aromatic N) is 2. The predicted molar refractivity (Wildman–Crippen MR) is 384 cm³/mol. The second kappa shape index (κ2) is 45.0. The van der Waals surface area contributed by atoms with E-state index in [0.29, 0.717) is 75.9 Å². The Labute approximate surface area is 600 Å². The van der Waals surface area contributed by atoms with E-state index in [0.717, 1.165) is 20.6 Å². The third-order valence-electron chi connectivity index (χ3n) is 17.3. The Morgan fingerprint density at radius 3 is 1.23 bits per heavy atom. The van der Waals surface area contributed by atoms with Gasteiger partial charge in [0.15, 0.2) is 0 Å². The van der Waals surface area contributed by atoms with Crippen molar-refractivity contribution < 1.29 is 72.9 Å². The summed E-state index contributed by atoms with van der Waals surface area (Å²) in [6.07, 6.45) is 9.39. The normalized spacial score (nSPS) is 14.7. The molecule has 558 valence electrons. The summed E-state index contributed by atoms with van der Waals surface area (Å²) in [5, 5.41) is 64.4. The summed E-state index contributed by atoms with van der Waals surface area (Å²) in [6.45, 7) is 27.1. The van der Waals surface area contributed by atoms with Crippen LogP contribution in [0.5, 0.6) is 5.75 Å². The molecule has 2 heterocycles. The van der Waals surface area contributed by atoms with Crippen LogP contribution in [0.2, 0.25) is 5.02 Å². The highest BCUT2D eigenvalue weighted by Crippen LogP contribution is 2.19. The third kappa shape index (κ3) is 29.6. The number of carbonyl (C=O) groups is 10. The number of aromatic hydroxyl groups is 1. The molecule has 0 radical (unpaired) electrons. The minimum absolute atomic E-state index is 0.102. The zero-order valence-electron chi connectivity index (χ0n) is 61.2. The van der Waals surface area contributed by atoms with Crippen LogP contribution < -0.4 is 73.3 Å². The summed E-state index contributed by atoms with van der Waals surface area (Å²) in [6, 6.07) is 12.1. The molecule has 0 saturated carbocycles. The first-order valence-corrected chi connectivity index (χ1v) is 35.7. The Hall–Kier alpha value is -8.95. The van der Waals surface area contributed by atoms with Crippen LogP contribution in [0.3, 0.4) is 0 Å². The molecule has 0 unspecified atom stereocenters. The zero-order valence-corrected chi connectivity index (χ0v) is 62.0. The second-order valence-corrected chi connectivity index (χ2v) is 26.5. The van der Waals surface area contributed by atoms with E-state index >= 15 is 0 Å². The molecule has 0 bridgehead atoms. The molecule has 12 atom stereocenters. The number of nitrogens with one attached hydrogen (secondary N) is 12. The van der Waals surface area contributed by atoms with Crippen LogP contribution in [0.1, 0.15) is 174 Å². The van der Waals surface area contributed by atoms with Gasteiger partial charge < -0.3 is 68.9 Å². The van der Waals surface area contributed by atoms with Crippen molar-refractivity contribution in [2.45, 2.75) is 215 Å². The van der Waals surface area contributed by atoms with Gasteiger partial charge in [-0.2, -0.15) is 0 Å². The van der Waals surface area contributed by atoms with E-state index in [-0.39, 0.29) is 77.3 Å². The molecular formula is C73H113ClN14O13+2. The van der Waals surface area contributed by atoms with Gasteiger partial charge in [-0.1, -0.05) is 144 Å². The molecule has 101 heavy (non-hydrogen) atoms. The highest BCUT2D eigenvalue weighted by atomic mass is 35.5. The van der Waals surface area contributed by atoms with E-state index in [1.54, 1.807) is 37.3 Å². The monoisotopic (exact) mass is 1430 g/mol. The number of amides is 10. The highest BCUT2D eigenvalue weighted by Gasteiger charge is 2.35. The average Bonchev–Trinajstić information content (AvgIpc) is 0.864. The molecule has 28 heteroatoms. The van der Waals surface area contributed by atoms with Crippen LogP contribution >= 0.6 is 11.6 Å². The Bertz CT molecular complexity index is 3270. The summed E-state index contributed by atoms with van der Waals surface area (Å²) in [4.78, 5) is 132. The van der Waals surface area contributed by atoms with Crippen molar-refractivity contribution in [3.05, 3.63) is 125 Å². The van der Waals surface area contributed by atoms with Crippen molar-refractivity contribution in [3.8, 4) is 5.75 Å². The van der Waals surface area contributed by atoms with Gasteiger partial charge in [-0.25, -0.2) is 0 Å². The van der Waals surface area contributed by atoms with E-state index in [2.05, 4.69) is 63.8 Å². The third-order valence-corrected chi connectivity index (χ3v) is 17.6. The van der Waals surface area contributed by atoms with Crippen LogP contribution in [0.4, 0.5) is 0 Å². The summed E-state index contributed by atoms with van der Waals surface area (Å²) < 4.78 is 1.62. The van der Waals surface area contributed by atoms with E-state index in [9.17, 15) is 63.5 Å². The Balaban J connectivity index is 0.000000525. The first-order chi connectivity index (χ1) is 47.9. The van der Waals surface area contributed by atoms with Gasteiger partial charge in [0.2, 0.25) is 72.0 Å². The van der Waals surface area contributed by atoms with Gasteiger partial charge in [0, 0.05) is 77.0 Å². The molecule has 0 saturated heterocycles. The molecule has 0 aliphatic heterocycles. The standard InChI is InChI=1S/C37H57N7O7.C36H54ClN7O6/c1-8-12-30(41-37(50)32(24(7)9-2)43-33(46)26-17-19-44(51)20-18-26)35(48)40-27(21-25-13-15-28(45)16-14-25)22-39-29(10-3)34(47)42-31(23(5)6)36(49)38-11-4;1-8-13-29(41-36(49)31(23(6)9-2)43-33(46)25-16-18-44(50)19-17-25)34(47)40-27(20-26-14-11-12-15-28(26)37)21-39-24(7)32(45)42-30(22(4)5)35(48)38-10-3/h13-20,23-24,27,29-32,39H,8-12,21-22H2,1-7H3,(H6-,38,40,41,42,43,45,46,47,48,49,50,51);11-12,14-19,22-24,27,29-31,39H,8-10,13,20-21H2,1-7H3,(H5-,38,40,41,42,43,45,46,47,48,49,50)/p+2/t24-,27-,29-,30-,31-,32-;23-,24-,27-,29-,30-,31-/m00/s1. The van der Waals surface area contributed by atoms with Gasteiger partial charge in [0.1, 0.15) is 42.0 Å². The number of phenols is 1. The number of aromatic nitrogens is 2. The minimum atomic E-state index is -0.927. The van der Waals surface area contributed by atoms with E-state index in [1.165, 1.54) is 49.1 Å². The van der Waals surface area contributed by atoms with Crippen molar-refractivity contribution in [1.82, 2.24) is 63.8 Å². The van der Waals surface area contributed by atoms with Crippen LogP contribution in [-0.2, 0) is 51.2 Å². The number of rotatable bonds is 41.